The zero-order valence-corrected chi connectivity index (χ0v) is 11.6. The number of aromatic nitrogens is 4. The molecule has 1 aromatic carbocycles. The number of halogens is 2. The van der Waals surface area contributed by atoms with Crippen LogP contribution in [0.2, 0.25) is 5.02 Å². The number of nitrogens with zero attached hydrogens (tertiary/aromatic N) is 2. The second-order valence-corrected chi connectivity index (χ2v) is 5.43. The third-order valence-electron chi connectivity index (χ3n) is 2.67. The molecular weight excluding hydrogens is 303 g/mol. The van der Waals surface area contributed by atoms with Gasteiger partial charge in [-0.05, 0) is 23.8 Å². The predicted octanol–water partition coefficient (Wildman–Crippen LogP) is 2.73. The Morgan fingerprint density at radius 1 is 1.40 bits per heavy atom. The average molecular weight is 311 g/mol. The van der Waals surface area contributed by atoms with Crippen LogP contribution in [-0.4, -0.2) is 20.2 Å². The topological polar surface area (TPSA) is 74.4 Å². The molecule has 0 radical (unpaired) electrons. The van der Waals surface area contributed by atoms with Crippen molar-refractivity contribution in [3.8, 4) is 0 Å². The Morgan fingerprint density at radius 2 is 2.25 bits per heavy atom. The van der Waals surface area contributed by atoms with Gasteiger partial charge in [0.1, 0.15) is 11.2 Å². The summed E-state index contributed by atoms with van der Waals surface area (Å²) in [6.45, 7) is 0. The quantitative estimate of drug-likeness (QED) is 0.576. The second kappa shape index (κ2) is 5.26. The maximum atomic E-state index is 13.6. The number of nitrogens with one attached hydrogen (secondary N) is 2. The molecule has 0 fully saturated rings. The lowest BCUT2D eigenvalue weighted by Gasteiger charge is -2.03. The standard InChI is InChI=1S/C12H8ClFN4OS/c13-7-1-2-9(14)6(3-7)5-20-12-16-10-8(4-15-18-10)11(19)17-12/h1-4H,5H2,(H2,15,16,17,18,19). The van der Waals surface area contributed by atoms with E-state index >= 15 is 0 Å². The van der Waals surface area contributed by atoms with Crippen LogP contribution in [0, 0.1) is 5.82 Å². The normalized spacial score (nSPS) is 11.1. The van der Waals surface area contributed by atoms with Crippen molar-refractivity contribution in [3.63, 3.8) is 0 Å². The lowest BCUT2D eigenvalue weighted by atomic mass is 10.2. The van der Waals surface area contributed by atoms with Crippen LogP contribution in [0.1, 0.15) is 5.56 Å². The van der Waals surface area contributed by atoms with Crippen LogP contribution in [0.3, 0.4) is 0 Å². The summed E-state index contributed by atoms with van der Waals surface area (Å²) in [5, 5.41) is 7.63. The van der Waals surface area contributed by atoms with Gasteiger partial charge in [0.15, 0.2) is 10.8 Å². The van der Waals surface area contributed by atoms with Crippen LogP contribution >= 0.6 is 23.4 Å². The monoisotopic (exact) mass is 310 g/mol. The number of rotatable bonds is 3. The van der Waals surface area contributed by atoms with Crippen LogP contribution in [-0.2, 0) is 5.75 Å². The zero-order valence-electron chi connectivity index (χ0n) is 9.98. The minimum absolute atomic E-state index is 0.280. The number of aromatic amines is 2. The Bertz CT molecular complexity index is 832. The highest BCUT2D eigenvalue weighted by atomic mass is 35.5. The lowest BCUT2D eigenvalue weighted by molar-refractivity contribution is 0.617. The molecule has 0 aliphatic heterocycles. The van der Waals surface area contributed by atoms with E-state index in [1.165, 1.54) is 30.1 Å². The van der Waals surface area contributed by atoms with Crippen molar-refractivity contribution in [3.05, 3.63) is 51.2 Å². The van der Waals surface area contributed by atoms with E-state index < -0.39 is 0 Å². The van der Waals surface area contributed by atoms with Crippen LogP contribution in [0.4, 0.5) is 4.39 Å². The van der Waals surface area contributed by atoms with Crippen LogP contribution < -0.4 is 5.56 Å². The largest absolute Gasteiger partial charge is 0.301 e. The van der Waals surface area contributed by atoms with Gasteiger partial charge in [0.05, 0.1) is 6.20 Å². The SMILES string of the molecule is O=c1[nH]c(SCc2cc(Cl)ccc2F)nc2[nH]ncc12. The van der Waals surface area contributed by atoms with E-state index in [0.717, 1.165) is 0 Å². The Balaban J connectivity index is 1.86. The van der Waals surface area contributed by atoms with Crippen molar-refractivity contribution in [2.45, 2.75) is 10.9 Å². The third-order valence-corrected chi connectivity index (χ3v) is 3.83. The van der Waals surface area contributed by atoms with Gasteiger partial charge in [-0.1, -0.05) is 23.4 Å². The number of fused-ring (bicyclic) bond motifs is 1. The van der Waals surface area contributed by atoms with Gasteiger partial charge < -0.3 is 4.98 Å². The molecule has 3 aromatic rings. The fourth-order valence-corrected chi connectivity index (χ4v) is 2.72. The molecule has 5 nitrogen and oxygen atoms in total. The molecule has 0 bridgehead atoms. The van der Waals surface area contributed by atoms with E-state index in [2.05, 4.69) is 20.2 Å². The van der Waals surface area contributed by atoms with Crippen molar-refractivity contribution in [1.29, 1.82) is 0 Å². The summed E-state index contributed by atoms with van der Waals surface area (Å²) >= 11 is 7.04. The molecule has 20 heavy (non-hydrogen) atoms. The minimum atomic E-state index is -0.341. The highest BCUT2D eigenvalue weighted by Gasteiger charge is 2.08. The highest BCUT2D eigenvalue weighted by Crippen LogP contribution is 2.23. The van der Waals surface area contributed by atoms with Gasteiger partial charge in [-0.2, -0.15) is 5.10 Å². The molecule has 0 unspecified atom stereocenters. The molecular formula is C12H8ClFN4OS. The smallest absolute Gasteiger partial charge is 0.262 e. The molecule has 2 N–H and O–H groups in total. The van der Waals surface area contributed by atoms with Gasteiger partial charge in [-0.25, -0.2) is 9.37 Å². The summed E-state index contributed by atoms with van der Waals surface area (Å²) < 4.78 is 13.6. The molecule has 0 aliphatic carbocycles. The first kappa shape index (κ1) is 13.1. The number of benzene rings is 1. The molecule has 3 rings (SSSR count). The van der Waals surface area contributed by atoms with Crippen molar-refractivity contribution in [2.75, 3.05) is 0 Å². The average Bonchev–Trinajstić information content (AvgIpc) is 2.89. The molecule has 0 atom stereocenters. The molecule has 0 aliphatic rings. The lowest BCUT2D eigenvalue weighted by Crippen LogP contribution is -2.08. The Morgan fingerprint density at radius 3 is 3.10 bits per heavy atom. The molecule has 0 spiro atoms. The third kappa shape index (κ3) is 2.54. The van der Waals surface area contributed by atoms with Gasteiger partial charge >= 0.3 is 0 Å². The van der Waals surface area contributed by atoms with Crippen molar-refractivity contribution in [1.82, 2.24) is 20.2 Å². The van der Waals surface area contributed by atoms with Crippen molar-refractivity contribution < 1.29 is 4.39 Å². The van der Waals surface area contributed by atoms with E-state index in [1.54, 1.807) is 6.07 Å². The Hall–Kier alpha value is -1.86. The molecule has 8 heteroatoms. The van der Waals surface area contributed by atoms with Crippen LogP contribution in [0.5, 0.6) is 0 Å². The van der Waals surface area contributed by atoms with Crippen LogP contribution in [0.25, 0.3) is 11.0 Å². The molecule has 0 amide bonds. The minimum Gasteiger partial charge on any atom is -0.301 e. The maximum Gasteiger partial charge on any atom is 0.262 e. The van der Waals surface area contributed by atoms with Gasteiger partial charge in [0, 0.05) is 10.8 Å². The van der Waals surface area contributed by atoms with E-state index in [0.29, 0.717) is 32.5 Å². The van der Waals surface area contributed by atoms with E-state index in [9.17, 15) is 9.18 Å². The van der Waals surface area contributed by atoms with E-state index in [1.807, 2.05) is 0 Å². The molecule has 2 aromatic heterocycles. The summed E-state index contributed by atoms with van der Waals surface area (Å²) in [6.07, 6.45) is 1.41. The van der Waals surface area contributed by atoms with Crippen molar-refractivity contribution >= 4 is 34.4 Å². The predicted molar refractivity (Wildman–Crippen MR) is 75.5 cm³/mol. The zero-order chi connectivity index (χ0) is 14.1. The van der Waals surface area contributed by atoms with Crippen LogP contribution in [0.15, 0.2) is 34.3 Å². The fourth-order valence-electron chi connectivity index (χ4n) is 1.69. The first-order valence-electron chi connectivity index (χ1n) is 5.63. The Kier molecular flexibility index (Phi) is 3.45. The maximum absolute atomic E-state index is 13.6. The number of hydrogen-bond donors (Lipinski definition) is 2. The molecule has 2 heterocycles. The highest BCUT2D eigenvalue weighted by molar-refractivity contribution is 7.98. The Labute approximate surface area is 121 Å². The number of hydrogen-bond acceptors (Lipinski definition) is 4. The van der Waals surface area contributed by atoms with Crippen molar-refractivity contribution in [2.24, 2.45) is 0 Å². The first-order valence-corrected chi connectivity index (χ1v) is 7.00. The van der Waals surface area contributed by atoms with Gasteiger partial charge in [-0.3, -0.25) is 9.89 Å². The summed E-state index contributed by atoms with van der Waals surface area (Å²) in [4.78, 5) is 18.5. The summed E-state index contributed by atoms with van der Waals surface area (Å²) in [7, 11) is 0. The fraction of sp³-hybridized carbons (Fsp3) is 0.0833. The van der Waals surface area contributed by atoms with Gasteiger partial charge in [0.2, 0.25) is 0 Å². The van der Waals surface area contributed by atoms with E-state index in [-0.39, 0.29) is 11.4 Å². The number of H-pyrrole nitrogens is 2. The molecule has 0 saturated carbocycles. The first-order chi connectivity index (χ1) is 9.63. The van der Waals surface area contributed by atoms with E-state index in [4.69, 9.17) is 11.6 Å². The summed E-state index contributed by atoms with van der Waals surface area (Å²) in [6, 6.07) is 4.35. The molecule has 0 saturated heterocycles. The second-order valence-electron chi connectivity index (χ2n) is 4.03. The summed E-state index contributed by atoms with van der Waals surface area (Å²) in [5.41, 5.74) is 0.579. The summed E-state index contributed by atoms with van der Waals surface area (Å²) in [5.74, 6) is -0.0264. The number of thioether (sulfide) groups is 1. The molecule has 102 valence electrons. The van der Waals surface area contributed by atoms with Gasteiger partial charge in [0.25, 0.3) is 5.56 Å². The van der Waals surface area contributed by atoms with Gasteiger partial charge in [-0.15, -0.1) is 0 Å².